The molecule has 1 spiro atoms. The van der Waals surface area contributed by atoms with Gasteiger partial charge in [-0.1, -0.05) is 51.1 Å². The minimum Gasteiger partial charge on any atom is -0.394 e. The number of nitrogens with zero attached hydrogens (tertiary/aromatic N) is 1. The first-order valence-corrected chi connectivity index (χ1v) is 13.6. The highest BCUT2D eigenvalue weighted by molar-refractivity contribution is 6.04. The van der Waals surface area contributed by atoms with Gasteiger partial charge in [0, 0.05) is 12.2 Å². The first kappa shape index (κ1) is 25.7. The van der Waals surface area contributed by atoms with Gasteiger partial charge in [0.1, 0.15) is 11.6 Å². The Morgan fingerprint density at radius 1 is 1.11 bits per heavy atom. The summed E-state index contributed by atoms with van der Waals surface area (Å²) in [7, 11) is 0. The number of carbonyl (C=O) groups excluding carboxylic acids is 3. The van der Waals surface area contributed by atoms with E-state index in [-0.39, 0.29) is 24.3 Å². The van der Waals surface area contributed by atoms with Gasteiger partial charge in [-0.25, -0.2) is 0 Å². The van der Waals surface area contributed by atoms with Crippen LogP contribution in [0.15, 0.2) is 42.5 Å². The molecule has 5 rings (SSSR count). The molecule has 3 aliphatic rings. The number of likely N-dealkylation sites (tertiary alicyclic amines) is 1. The van der Waals surface area contributed by atoms with Crippen LogP contribution in [0, 0.1) is 11.8 Å². The molecule has 3 fully saturated rings. The Labute approximate surface area is 217 Å². The number of hydrogen-bond acceptors (Lipinski definition) is 5. The monoisotopic (exact) mass is 507 g/mol. The van der Waals surface area contributed by atoms with Crippen LogP contribution in [0.4, 0.5) is 5.69 Å². The van der Waals surface area contributed by atoms with Gasteiger partial charge in [-0.05, 0) is 55.0 Å². The lowest BCUT2D eigenvalue weighted by Gasteiger charge is -2.37. The Balaban J connectivity index is 1.55. The molecule has 0 aliphatic carbocycles. The van der Waals surface area contributed by atoms with Crippen molar-refractivity contribution in [3.63, 3.8) is 0 Å². The Hall–Kier alpha value is -2.97. The maximum absolute atomic E-state index is 14.1. The predicted octanol–water partition coefficient (Wildman–Crippen LogP) is 3.23. The number of benzene rings is 2. The summed E-state index contributed by atoms with van der Waals surface area (Å²) >= 11 is 0. The minimum absolute atomic E-state index is 0.184. The van der Waals surface area contributed by atoms with Gasteiger partial charge in [-0.15, -0.1) is 0 Å². The Bertz CT molecular complexity index is 1210. The first-order valence-electron chi connectivity index (χ1n) is 13.6. The lowest BCUT2D eigenvalue weighted by Crippen LogP contribution is -2.56. The third-order valence-corrected chi connectivity index (χ3v) is 8.79. The fourth-order valence-electron chi connectivity index (χ4n) is 7.00. The summed E-state index contributed by atoms with van der Waals surface area (Å²) in [5, 5.41) is 18.3. The number of aliphatic hydroxyl groups is 1. The van der Waals surface area contributed by atoms with E-state index in [1.165, 1.54) is 4.90 Å². The molecule has 3 aliphatic heterocycles. The zero-order valence-electron chi connectivity index (χ0n) is 21.8. The molecule has 0 aromatic heterocycles. The van der Waals surface area contributed by atoms with Crippen LogP contribution in [0.5, 0.6) is 0 Å². The second-order valence-electron chi connectivity index (χ2n) is 10.7. The maximum Gasteiger partial charge on any atom is 0.250 e. The molecule has 0 radical (unpaired) electrons. The van der Waals surface area contributed by atoms with Crippen molar-refractivity contribution in [3.05, 3.63) is 42.5 Å². The largest absolute Gasteiger partial charge is 0.394 e. The lowest BCUT2D eigenvalue weighted by molar-refractivity contribution is -0.149. The summed E-state index contributed by atoms with van der Waals surface area (Å²) in [5.74, 6) is -2.23. The van der Waals surface area contributed by atoms with E-state index >= 15 is 0 Å². The van der Waals surface area contributed by atoms with Gasteiger partial charge in [-0.3, -0.25) is 14.4 Å². The van der Waals surface area contributed by atoms with Crippen LogP contribution in [0.3, 0.4) is 0 Å². The summed E-state index contributed by atoms with van der Waals surface area (Å²) in [5.41, 5.74) is -1.25. The van der Waals surface area contributed by atoms with Crippen molar-refractivity contribution < 1.29 is 24.2 Å². The van der Waals surface area contributed by atoms with E-state index in [1.807, 2.05) is 63.2 Å². The van der Waals surface area contributed by atoms with Crippen LogP contribution in [0.25, 0.3) is 10.8 Å². The van der Waals surface area contributed by atoms with Crippen molar-refractivity contribution in [2.75, 3.05) is 18.5 Å². The molecule has 198 valence electrons. The van der Waals surface area contributed by atoms with Gasteiger partial charge >= 0.3 is 0 Å². The van der Waals surface area contributed by atoms with Crippen LogP contribution < -0.4 is 10.6 Å². The molecule has 8 nitrogen and oxygen atoms in total. The van der Waals surface area contributed by atoms with Crippen molar-refractivity contribution in [1.29, 1.82) is 0 Å². The molecular weight excluding hydrogens is 470 g/mol. The summed E-state index contributed by atoms with van der Waals surface area (Å²) in [6.45, 7) is 6.10. The highest BCUT2D eigenvalue weighted by Gasteiger charge is 2.79. The number of anilines is 1. The van der Waals surface area contributed by atoms with Gasteiger partial charge in [-0.2, -0.15) is 0 Å². The van der Waals surface area contributed by atoms with Gasteiger partial charge in [0.25, 0.3) is 0 Å². The zero-order valence-corrected chi connectivity index (χ0v) is 21.8. The molecule has 3 saturated heterocycles. The van der Waals surface area contributed by atoms with Crippen LogP contribution in [0.2, 0.25) is 0 Å². The van der Waals surface area contributed by atoms with Gasteiger partial charge in [0.2, 0.25) is 17.7 Å². The van der Waals surface area contributed by atoms with Gasteiger partial charge in [0.05, 0.1) is 30.1 Å². The zero-order chi connectivity index (χ0) is 26.4. The molecule has 6 atom stereocenters. The number of nitrogens with one attached hydrogen (secondary N) is 2. The van der Waals surface area contributed by atoms with Gasteiger partial charge < -0.3 is 25.4 Å². The van der Waals surface area contributed by atoms with Crippen molar-refractivity contribution >= 4 is 34.2 Å². The lowest BCUT2D eigenvalue weighted by atomic mass is 9.65. The molecule has 2 aromatic carbocycles. The SMILES string of the molecule is CCCNC(=O)[C@H]1[C@H]2C(=O)N([C@@H](CC)CO)C(C(=O)Nc3ccc4ccccc4c3)C23CC[C@]1(CC)O3. The molecule has 37 heavy (non-hydrogen) atoms. The second-order valence-corrected chi connectivity index (χ2v) is 10.7. The highest BCUT2D eigenvalue weighted by atomic mass is 16.5. The summed E-state index contributed by atoms with van der Waals surface area (Å²) in [6.07, 6.45) is 2.98. The molecule has 0 saturated carbocycles. The highest BCUT2D eigenvalue weighted by Crippen LogP contribution is 2.64. The second kappa shape index (κ2) is 9.72. The number of ether oxygens (including phenoxy) is 1. The standard InChI is InChI=1S/C29H37N3O5/c1-4-15-30-25(34)22-23-27(36)32(21(5-2)17-33)24(29(23)14-13-28(22,6-3)37-29)26(35)31-20-12-11-18-9-7-8-10-19(18)16-20/h7-12,16,21-24,33H,4-6,13-15,17H2,1-3H3,(H,30,34)(H,31,35)/t21-,22+,23-,24?,28-,29?/m0/s1. The topological polar surface area (TPSA) is 108 Å². The number of fused-ring (bicyclic) bond motifs is 2. The van der Waals surface area contributed by atoms with E-state index in [4.69, 9.17) is 4.74 Å². The molecule has 2 aromatic rings. The van der Waals surface area contributed by atoms with Crippen molar-refractivity contribution in [2.24, 2.45) is 11.8 Å². The Morgan fingerprint density at radius 3 is 2.54 bits per heavy atom. The smallest absolute Gasteiger partial charge is 0.250 e. The van der Waals surface area contributed by atoms with E-state index < -0.39 is 35.1 Å². The molecular formula is C29H37N3O5. The van der Waals surface area contributed by atoms with Crippen LogP contribution in [0.1, 0.15) is 52.9 Å². The summed E-state index contributed by atoms with van der Waals surface area (Å²) < 4.78 is 6.75. The third-order valence-electron chi connectivity index (χ3n) is 8.79. The molecule has 2 unspecified atom stereocenters. The molecule has 3 amide bonds. The quantitative estimate of drug-likeness (QED) is 0.483. The van der Waals surface area contributed by atoms with Crippen LogP contribution in [-0.4, -0.2) is 64.2 Å². The van der Waals surface area contributed by atoms with Crippen molar-refractivity contribution in [1.82, 2.24) is 10.2 Å². The first-order chi connectivity index (χ1) is 17.9. The van der Waals surface area contributed by atoms with E-state index in [0.717, 1.165) is 17.2 Å². The molecule has 8 heteroatoms. The number of aliphatic hydroxyl groups excluding tert-OH is 1. The van der Waals surface area contributed by atoms with Gasteiger partial charge in [0.15, 0.2) is 0 Å². The Kier molecular flexibility index (Phi) is 6.75. The molecule has 3 heterocycles. The fourth-order valence-corrected chi connectivity index (χ4v) is 7.00. The number of amides is 3. The number of hydrogen-bond donors (Lipinski definition) is 3. The fraction of sp³-hybridized carbons (Fsp3) is 0.552. The van der Waals surface area contributed by atoms with Crippen LogP contribution >= 0.6 is 0 Å². The maximum atomic E-state index is 14.1. The number of carbonyl (C=O) groups is 3. The average molecular weight is 508 g/mol. The van der Waals surface area contributed by atoms with Crippen molar-refractivity contribution in [2.45, 2.75) is 76.2 Å². The van der Waals surface area contributed by atoms with Crippen LogP contribution in [-0.2, 0) is 19.1 Å². The summed E-state index contributed by atoms with van der Waals surface area (Å²) in [6, 6.07) is 12.1. The number of rotatable bonds is 9. The Morgan fingerprint density at radius 2 is 1.86 bits per heavy atom. The van der Waals surface area contributed by atoms with E-state index in [9.17, 15) is 19.5 Å². The third kappa shape index (κ3) is 3.84. The van der Waals surface area contributed by atoms with E-state index in [2.05, 4.69) is 10.6 Å². The van der Waals surface area contributed by atoms with E-state index in [0.29, 0.717) is 37.9 Å². The normalized spacial score (nSPS) is 31.0. The van der Waals surface area contributed by atoms with E-state index in [1.54, 1.807) is 0 Å². The summed E-state index contributed by atoms with van der Waals surface area (Å²) in [4.78, 5) is 43.1. The predicted molar refractivity (Wildman–Crippen MR) is 141 cm³/mol. The van der Waals surface area contributed by atoms with Crippen molar-refractivity contribution in [3.8, 4) is 0 Å². The molecule has 2 bridgehead atoms. The molecule has 3 N–H and O–H groups in total. The average Bonchev–Trinajstić information content (AvgIpc) is 3.52. The minimum atomic E-state index is -1.11.